The highest BCUT2D eigenvalue weighted by Gasteiger charge is 2.12. The van der Waals surface area contributed by atoms with E-state index in [0.717, 1.165) is 53.1 Å². The lowest BCUT2D eigenvalue weighted by atomic mass is 10.1. The molecule has 0 aliphatic heterocycles. The Morgan fingerprint density at radius 3 is 2.70 bits per heavy atom. The van der Waals surface area contributed by atoms with E-state index >= 15 is 0 Å². The van der Waals surface area contributed by atoms with Gasteiger partial charge in [0.1, 0.15) is 5.82 Å². The first-order valence-corrected chi connectivity index (χ1v) is 10.0. The van der Waals surface area contributed by atoms with Crippen molar-refractivity contribution in [3.63, 3.8) is 0 Å². The number of imidazole rings is 1. The topological polar surface area (TPSA) is 89.7 Å². The summed E-state index contributed by atoms with van der Waals surface area (Å²) in [5.41, 5.74) is 5.17. The summed E-state index contributed by atoms with van der Waals surface area (Å²) in [5.74, 6) is 0.783. The van der Waals surface area contributed by atoms with E-state index in [1.54, 1.807) is 6.20 Å². The maximum atomic E-state index is 12.5. The quantitative estimate of drug-likeness (QED) is 0.431. The number of rotatable bonds is 7. The van der Waals surface area contributed by atoms with Crippen LogP contribution in [0.3, 0.4) is 0 Å². The molecular formula is C23H30N6O. The summed E-state index contributed by atoms with van der Waals surface area (Å²) >= 11 is 0. The molecule has 3 N–H and O–H groups in total. The number of nitrogens with zero attached hydrogens (tertiary/aromatic N) is 3. The number of aromatic nitrogens is 4. The number of nitrogens with one attached hydrogen (secondary N) is 3. The molecule has 1 aromatic carbocycles. The van der Waals surface area contributed by atoms with Crippen molar-refractivity contribution in [2.75, 3.05) is 26.2 Å². The van der Waals surface area contributed by atoms with Crippen LogP contribution in [0.2, 0.25) is 0 Å². The SMILES string of the molecule is C.CCN(CC)CCNC(=O)c1ccc2cc(-c3ccnc4nc(C)[nH]c34)[nH]c2c1. The fraction of sp³-hybridized carbons (Fsp3) is 0.348. The molecule has 0 spiro atoms. The first-order valence-electron chi connectivity index (χ1n) is 10.0. The molecule has 0 aliphatic carbocycles. The van der Waals surface area contributed by atoms with Crippen LogP contribution in [0.1, 0.15) is 37.5 Å². The molecule has 7 heteroatoms. The van der Waals surface area contributed by atoms with Crippen LogP contribution >= 0.6 is 0 Å². The number of benzene rings is 1. The number of pyridine rings is 1. The molecule has 4 rings (SSSR count). The fourth-order valence-corrected chi connectivity index (χ4v) is 3.63. The minimum atomic E-state index is -0.0503. The maximum Gasteiger partial charge on any atom is 0.251 e. The highest BCUT2D eigenvalue weighted by atomic mass is 16.1. The Hall–Kier alpha value is -3.19. The van der Waals surface area contributed by atoms with Gasteiger partial charge in [0.05, 0.1) is 5.52 Å². The van der Waals surface area contributed by atoms with Gasteiger partial charge in [-0.15, -0.1) is 0 Å². The lowest BCUT2D eigenvalue weighted by molar-refractivity contribution is 0.0949. The van der Waals surface area contributed by atoms with Crippen molar-refractivity contribution >= 4 is 28.0 Å². The largest absolute Gasteiger partial charge is 0.354 e. The summed E-state index contributed by atoms with van der Waals surface area (Å²) in [6.07, 6.45) is 1.76. The fourth-order valence-electron chi connectivity index (χ4n) is 3.63. The monoisotopic (exact) mass is 406 g/mol. The minimum absolute atomic E-state index is 0. The van der Waals surface area contributed by atoms with Gasteiger partial charge in [0.25, 0.3) is 5.91 Å². The van der Waals surface area contributed by atoms with Gasteiger partial charge in [-0.2, -0.15) is 0 Å². The Morgan fingerprint density at radius 1 is 1.13 bits per heavy atom. The normalized spacial score (nSPS) is 11.2. The number of hydrogen-bond acceptors (Lipinski definition) is 4. The van der Waals surface area contributed by atoms with Crippen LogP contribution in [-0.2, 0) is 0 Å². The molecule has 0 bridgehead atoms. The van der Waals surface area contributed by atoms with E-state index in [2.05, 4.69) is 50.1 Å². The van der Waals surface area contributed by atoms with E-state index in [9.17, 15) is 4.79 Å². The summed E-state index contributed by atoms with van der Waals surface area (Å²) in [7, 11) is 0. The Bertz CT molecular complexity index is 1160. The molecule has 7 nitrogen and oxygen atoms in total. The van der Waals surface area contributed by atoms with Gasteiger partial charge in [0.2, 0.25) is 0 Å². The molecule has 3 heterocycles. The molecule has 0 atom stereocenters. The summed E-state index contributed by atoms with van der Waals surface area (Å²) in [6.45, 7) is 9.65. The van der Waals surface area contributed by atoms with Crippen molar-refractivity contribution in [1.29, 1.82) is 0 Å². The van der Waals surface area contributed by atoms with Crippen molar-refractivity contribution in [2.45, 2.75) is 28.2 Å². The van der Waals surface area contributed by atoms with Gasteiger partial charge in [-0.05, 0) is 44.3 Å². The first-order chi connectivity index (χ1) is 14.1. The number of amides is 1. The van der Waals surface area contributed by atoms with Crippen LogP contribution < -0.4 is 5.32 Å². The zero-order valence-electron chi connectivity index (χ0n) is 17.0. The molecule has 4 aromatic rings. The van der Waals surface area contributed by atoms with Gasteiger partial charge >= 0.3 is 0 Å². The Morgan fingerprint density at radius 2 is 1.93 bits per heavy atom. The molecule has 3 aromatic heterocycles. The Labute approximate surface area is 176 Å². The van der Waals surface area contributed by atoms with Gasteiger partial charge in [-0.3, -0.25) is 4.79 Å². The number of H-pyrrole nitrogens is 2. The molecule has 0 saturated heterocycles. The third-order valence-corrected chi connectivity index (χ3v) is 5.29. The van der Waals surface area contributed by atoms with Crippen LogP contribution in [0.5, 0.6) is 0 Å². The van der Waals surface area contributed by atoms with Crippen LogP contribution in [0, 0.1) is 6.92 Å². The third kappa shape index (κ3) is 4.21. The molecular weight excluding hydrogens is 376 g/mol. The van der Waals surface area contributed by atoms with Gasteiger partial charge < -0.3 is 20.2 Å². The molecule has 0 fully saturated rings. The summed E-state index contributed by atoms with van der Waals surface area (Å²) in [5, 5.41) is 4.07. The molecule has 158 valence electrons. The number of carbonyl (C=O) groups excluding carboxylic acids is 1. The number of aryl methyl sites for hydroxylation is 1. The van der Waals surface area contributed by atoms with Crippen LogP contribution in [0.4, 0.5) is 0 Å². The van der Waals surface area contributed by atoms with Crippen molar-refractivity contribution in [1.82, 2.24) is 30.2 Å². The van der Waals surface area contributed by atoms with Crippen molar-refractivity contribution < 1.29 is 4.79 Å². The first kappa shape index (κ1) is 21.5. The van der Waals surface area contributed by atoms with E-state index in [4.69, 9.17) is 0 Å². The Balaban J connectivity index is 0.00000256. The molecule has 0 unspecified atom stereocenters. The van der Waals surface area contributed by atoms with E-state index in [0.29, 0.717) is 17.8 Å². The molecule has 0 radical (unpaired) electrons. The summed E-state index contributed by atoms with van der Waals surface area (Å²) in [4.78, 5) is 30.3. The number of fused-ring (bicyclic) bond motifs is 2. The highest BCUT2D eigenvalue weighted by molar-refractivity contribution is 6.00. The van der Waals surface area contributed by atoms with E-state index < -0.39 is 0 Å². The van der Waals surface area contributed by atoms with Crippen LogP contribution in [0.15, 0.2) is 36.5 Å². The summed E-state index contributed by atoms with van der Waals surface area (Å²) in [6, 6.07) is 9.80. The van der Waals surface area contributed by atoms with Crippen LogP contribution in [-0.4, -0.2) is 56.9 Å². The number of likely N-dealkylation sites (N-methyl/N-ethyl adjacent to an activating group) is 1. The average Bonchev–Trinajstić information content (AvgIpc) is 3.32. The molecule has 0 aliphatic rings. The summed E-state index contributed by atoms with van der Waals surface area (Å²) < 4.78 is 0. The molecule has 0 saturated carbocycles. The highest BCUT2D eigenvalue weighted by Crippen LogP contribution is 2.29. The lowest BCUT2D eigenvalue weighted by Gasteiger charge is -2.17. The van der Waals surface area contributed by atoms with Gasteiger partial charge in [0, 0.05) is 47.0 Å². The number of hydrogen-bond donors (Lipinski definition) is 3. The smallest absolute Gasteiger partial charge is 0.251 e. The average molecular weight is 407 g/mol. The van der Waals surface area contributed by atoms with Gasteiger partial charge in [-0.25, -0.2) is 9.97 Å². The van der Waals surface area contributed by atoms with Crippen LogP contribution in [0.25, 0.3) is 33.3 Å². The van der Waals surface area contributed by atoms with Crippen molar-refractivity contribution in [2.24, 2.45) is 0 Å². The maximum absolute atomic E-state index is 12.5. The van der Waals surface area contributed by atoms with Crippen molar-refractivity contribution in [3.05, 3.63) is 47.9 Å². The minimum Gasteiger partial charge on any atom is -0.354 e. The number of aromatic amines is 2. The second-order valence-electron chi connectivity index (χ2n) is 7.15. The van der Waals surface area contributed by atoms with E-state index in [1.165, 1.54) is 0 Å². The third-order valence-electron chi connectivity index (χ3n) is 5.29. The van der Waals surface area contributed by atoms with Crippen molar-refractivity contribution in [3.8, 4) is 11.3 Å². The zero-order chi connectivity index (χ0) is 20.4. The predicted molar refractivity (Wildman–Crippen MR) is 123 cm³/mol. The van der Waals surface area contributed by atoms with E-state index in [1.807, 2.05) is 31.2 Å². The second-order valence-corrected chi connectivity index (χ2v) is 7.15. The van der Waals surface area contributed by atoms with Gasteiger partial charge in [-0.1, -0.05) is 27.3 Å². The Kier molecular flexibility index (Phi) is 6.52. The standard InChI is InChI=1S/C22H26N6O.CH4/c1-4-28(5-2)11-10-24-22(29)16-7-6-15-12-19(27-18(15)13-16)17-8-9-23-21-20(17)25-14(3)26-21;/h6-9,12-13,27H,4-5,10-11H2,1-3H3,(H,24,29)(H,23,25,26);1H4. The molecule has 1 amide bonds. The zero-order valence-corrected chi connectivity index (χ0v) is 17.0. The van der Waals surface area contributed by atoms with Gasteiger partial charge in [0.15, 0.2) is 5.65 Å². The lowest BCUT2D eigenvalue weighted by Crippen LogP contribution is -2.34. The number of carbonyl (C=O) groups is 1. The van der Waals surface area contributed by atoms with E-state index in [-0.39, 0.29) is 13.3 Å². The predicted octanol–water partition coefficient (Wildman–Crippen LogP) is 4.12. The second kappa shape index (κ2) is 9.09. The molecule has 30 heavy (non-hydrogen) atoms.